The standard InChI is InChI=1S/C14H13N3S/c15-12(8-11-3-1-2-5-16-11)10-7-14-13(17-9-10)4-6-18-14/h1-7,9,12H,8,15H2. The molecular weight excluding hydrogens is 242 g/mol. The zero-order valence-electron chi connectivity index (χ0n) is 9.78. The Morgan fingerprint density at radius 2 is 2.17 bits per heavy atom. The number of hydrogen-bond acceptors (Lipinski definition) is 4. The molecule has 0 radical (unpaired) electrons. The summed E-state index contributed by atoms with van der Waals surface area (Å²) in [6.45, 7) is 0. The Balaban J connectivity index is 1.85. The van der Waals surface area contributed by atoms with Gasteiger partial charge in [0.05, 0.1) is 10.2 Å². The Morgan fingerprint density at radius 1 is 1.22 bits per heavy atom. The van der Waals surface area contributed by atoms with Crippen molar-refractivity contribution in [3.63, 3.8) is 0 Å². The van der Waals surface area contributed by atoms with E-state index in [1.54, 1.807) is 17.5 Å². The second kappa shape index (κ2) is 4.84. The van der Waals surface area contributed by atoms with Gasteiger partial charge in [0.2, 0.25) is 0 Å². The first-order valence-electron chi connectivity index (χ1n) is 5.81. The number of nitrogens with zero attached hydrogens (tertiary/aromatic N) is 2. The van der Waals surface area contributed by atoms with Gasteiger partial charge in [0.25, 0.3) is 0 Å². The number of hydrogen-bond donors (Lipinski definition) is 1. The van der Waals surface area contributed by atoms with Crippen LogP contribution in [0.1, 0.15) is 17.3 Å². The van der Waals surface area contributed by atoms with Gasteiger partial charge in [0, 0.05) is 30.6 Å². The van der Waals surface area contributed by atoms with Gasteiger partial charge in [0.15, 0.2) is 0 Å². The third kappa shape index (κ3) is 2.25. The van der Waals surface area contributed by atoms with E-state index < -0.39 is 0 Å². The van der Waals surface area contributed by atoms with Crippen LogP contribution in [0.5, 0.6) is 0 Å². The van der Waals surface area contributed by atoms with Crippen LogP contribution in [0.25, 0.3) is 10.2 Å². The van der Waals surface area contributed by atoms with Crippen molar-refractivity contribution in [2.45, 2.75) is 12.5 Å². The first kappa shape index (κ1) is 11.3. The fourth-order valence-corrected chi connectivity index (χ4v) is 2.72. The highest BCUT2D eigenvalue weighted by Gasteiger charge is 2.09. The minimum atomic E-state index is -0.0566. The number of rotatable bonds is 3. The highest BCUT2D eigenvalue weighted by Crippen LogP contribution is 2.23. The largest absolute Gasteiger partial charge is 0.324 e. The van der Waals surface area contributed by atoms with Crippen LogP contribution in [0.3, 0.4) is 0 Å². The third-order valence-corrected chi connectivity index (χ3v) is 3.76. The van der Waals surface area contributed by atoms with Crippen LogP contribution < -0.4 is 5.73 Å². The maximum atomic E-state index is 6.21. The van der Waals surface area contributed by atoms with Crippen molar-refractivity contribution in [2.24, 2.45) is 5.73 Å². The molecule has 0 fully saturated rings. The molecule has 1 unspecified atom stereocenters. The molecule has 0 aromatic carbocycles. The van der Waals surface area contributed by atoms with Crippen molar-refractivity contribution in [1.82, 2.24) is 9.97 Å². The first-order valence-corrected chi connectivity index (χ1v) is 6.69. The predicted molar refractivity (Wildman–Crippen MR) is 74.5 cm³/mol. The van der Waals surface area contributed by atoms with E-state index in [0.29, 0.717) is 0 Å². The molecule has 0 bridgehead atoms. The Kier molecular flexibility index (Phi) is 3.04. The summed E-state index contributed by atoms with van der Waals surface area (Å²) in [6.07, 6.45) is 4.39. The Bertz CT molecular complexity index is 648. The lowest BCUT2D eigenvalue weighted by Gasteiger charge is -2.11. The van der Waals surface area contributed by atoms with Gasteiger partial charge >= 0.3 is 0 Å². The lowest BCUT2D eigenvalue weighted by Crippen LogP contribution is -2.14. The summed E-state index contributed by atoms with van der Waals surface area (Å²) >= 11 is 1.69. The Morgan fingerprint density at radius 3 is 3.00 bits per heavy atom. The van der Waals surface area contributed by atoms with Crippen LogP contribution >= 0.6 is 11.3 Å². The van der Waals surface area contributed by atoms with Crippen LogP contribution in [-0.4, -0.2) is 9.97 Å². The highest BCUT2D eigenvalue weighted by molar-refractivity contribution is 7.17. The molecule has 0 amide bonds. The van der Waals surface area contributed by atoms with Crippen molar-refractivity contribution in [1.29, 1.82) is 0 Å². The van der Waals surface area contributed by atoms with E-state index in [0.717, 1.165) is 23.2 Å². The normalized spacial score (nSPS) is 12.7. The molecule has 18 heavy (non-hydrogen) atoms. The van der Waals surface area contributed by atoms with Crippen LogP contribution in [0.4, 0.5) is 0 Å². The third-order valence-electron chi connectivity index (χ3n) is 2.91. The molecule has 3 rings (SSSR count). The summed E-state index contributed by atoms with van der Waals surface area (Å²) in [4.78, 5) is 8.71. The van der Waals surface area contributed by atoms with Crippen molar-refractivity contribution in [3.05, 3.63) is 59.4 Å². The topological polar surface area (TPSA) is 51.8 Å². The van der Waals surface area contributed by atoms with Gasteiger partial charge in [0.1, 0.15) is 0 Å². The molecule has 0 aliphatic heterocycles. The fourth-order valence-electron chi connectivity index (χ4n) is 1.93. The smallest absolute Gasteiger partial charge is 0.0809 e. The molecule has 0 saturated heterocycles. The van der Waals surface area contributed by atoms with Crippen molar-refractivity contribution in [2.75, 3.05) is 0 Å². The molecular formula is C14H13N3S. The SMILES string of the molecule is NC(Cc1ccccn1)c1cnc2ccsc2c1. The van der Waals surface area contributed by atoms with Crippen molar-refractivity contribution in [3.8, 4) is 0 Å². The molecule has 2 N–H and O–H groups in total. The Hall–Kier alpha value is -1.78. The highest BCUT2D eigenvalue weighted by atomic mass is 32.1. The lowest BCUT2D eigenvalue weighted by atomic mass is 10.0. The van der Waals surface area contributed by atoms with Crippen LogP contribution in [0, 0.1) is 0 Å². The predicted octanol–water partition coefficient (Wildman–Crippen LogP) is 2.93. The quantitative estimate of drug-likeness (QED) is 0.783. The van der Waals surface area contributed by atoms with Gasteiger partial charge in [-0.1, -0.05) is 6.07 Å². The van der Waals surface area contributed by atoms with E-state index in [-0.39, 0.29) is 6.04 Å². The average molecular weight is 255 g/mol. The average Bonchev–Trinajstić information content (AvgIpc) is 2.87. The van der Waals surface area contributed by atoms with Gasteiger partial charge in [-0.25, -0.2) is 0 Å². The second-order valence-corrected chi connectivity index (χ2v) is 5.15. The summed E-state index contributed by atoms with van der Waals surface area (Å²) in [5.74, 6) is 0. The number of pyridine rings is 2. The van der Waals surface area contributed by atoms with E-state index in [4.69, 9.17) is 5.73 Å². The zero-order valence-corrected chi connectivity index (χ0v) is 10.6. The van der Waals surface area contributed by atoms with Crippen LogP contribution in [-0.2, 0) is 6.42 Å². The monoisotopic (exact) mass is 255 g/mol. The summed E-state index contributed by atoms with van der Waals surface area (Å²) in [5.41, 5.74) is 9.32. The molecule has 4 heteroatoms. The van der Waals surface area contributed by atoms with Gasteiger partial charge < -0.3 is 5.73 Å². The number of fused-ring (bicyclic) bond motifs is 1. The molecule has 0 saturated carbocycles. The fraction of sp³-hybridized carbons (Fsp3) is 0.143. The molecule has 3 heterocycles. The summed E-state index contributed by atoms with van der Waals surface area (Å²) < 4.78 is 1.18. The minimum Gasteiger partial charge on any atom is -0.324 e. The van der Waals surface area contributed by atoms with Gasteiger partial charge in [-0.15, -0.1) is 11.3 Å². The van der Waals surface area contributed by atoms with E-state index in [1.165, 1.54) is 4.70 Å². The molecule has 1 atom stereocenters. The van der Waals surface area contributed by atoms with Crippen molar-refractivity contribution < 1.29 is 0 Å². The van der Waals surface area contributed by atoms with Gasteiger partial charge in [-0.3, -0.25) is 9.97 Å². The second-order valence-electron chi connectivity index (χ2n) is 4.20. The maximum Gasteiger partial charge on any atom is 0.0809 e. The summed E-state index contributed by atoms with van der Waals surface area (Å²) in [7, 11) is 0. The zero-order chi connectivity index (χ0) is 12.4. The molecule has 0 spiro atoms. The van der Waals surface area contributed by atoms with E-state index in [2.05, 4.69) is 16.0 Å². The summed E-state index contributed by atoms with van der Waals surface area (Å²) in [5, 5.41) is 2.05. The lowest BCUT2D eigenvalue weighted by molar-refractivity contribution is 0.705. The molecule has 0 aliphatic carbocycles. The number of thiophene rings is 1. The number of aromatic nitrogens is 2. The molecule has 3 aromatic rings. The van der Waals surface area contributed by atoms with Gasteiger partial charge in [-0.2, -0.15) is 0 Å². The minimum absolute atomic E-state index is 0.0566. The molecule has 3 aromatic heterocycles. The van der Waals surface area contributed by atoms with E-state index in [1.807, 2.05) is 35.8 Å². The van der Waals surface area contributed by atoms with E-state index >= 15 is 0 Å². The molecule has 90 valence electrons. The maximum absolute atomic E-state index is 6.21. The van der Waals surface area contributed by atoms with Gasteiger partial charge in [-0.05, 0) is 35.2 Å². The molecule has 0 aliphatic rings. The number of nitrogens with two attached hydrogens (primary N) is 1. The van der Waals surface area contributed by atoms with E-state index in [9.17, 15) is 0 Å². The Labute approximate surface area is 109 Å². The molecule has 3 nitrogen and oxygen atoms in total. The van der Waals surface area contributed by atoms with Crippen LogP contribution in [0.15, 0.2) is 48.1 Å². The first-order chi connectivity index (χ1) is 8.83. The van der Waals surface area contributed by atoms with Crippen LogP contribution in [0.2, 0.25) is 0 Å². The summed E-state index contributed by atoms with van der Waals surface area (Å²) in [6, 6.07) is 9.98. The van der Waals surface area contributed by atoms with Crippen molar-refractivity contribution >= 4 is 21.6 Å².